The molecule has 25 heavy (non-hydrogen) atoms. The summed E-state index contributed by atoms with van der Waals surface area (Å²) in [5.41, 5.74) is 1.64. The second-order valence-electron chi connectivity index (χ2n) is 6.35. The molecule has 0 radical (unpaired) electrons. The van der Waals surface area contributed by atoms with Gasteiger partial charge in [-0.05, 0) is 31.0 Å². The van der Waals surface area contributed by atoms with E-state index in [2.05, 4.69) is 24.4 Å². The van der Waals surface area contributed by atoms with Crippen LogP contribution in [0.5, 0.6) is 0 Å². The lowest BCUT2D eigenvalue weighted by atomic mass is 9.96. The molecule has 6 heteroatoms. The van der Waals surface area contributed by atoms with Crippen molar-refractivity contribution in [1.29, 1.82) is 0 Å². The molecule has 128 valence electrons. The van der Waals surface area contributed by atoms with Gasteiger partial charge < -0.3 is 9.47 Å². The van der Waals surface area contributed by atoms with E-state index < -0.39 is 0 Å². The van der Waals surface area contributed by atoms with Crippen molar-refractivity contribution in [3.8, 4) is 0 Å². The lowest BCUT2D eigenvalue weighted by Gasteiger charge is -2.34. The summed E-state index contributed by atoms with van der Waals surface area (Å²) in [4.78, 5) is 14.9. The predicted molar refractivity (Wildman–Crippen MR) is 93.9 cm³/mol. The smallest absolute Gasteiger partial charge is 0.164 e. The fourth-order valence-electron chi connectivity index (χ4n) is 3.51. The first-order valence-corrected chi connectivity index (χ1v) is 8.56. The minimum Gasteiger partial charge on any atom is -0.368 e. The Kier molecular flexibility index (Phi) is 4.41. The third-order valence-corrected chi connectivity index (χ3v) is 4.68. The molecule has 0 N–H and O–H groups in total. The maximum atomic E-state index is 14.1. The third-order valence-electron chi connectivity index (χ3n) is 4.68. The van der Waals surface area contributed by atoms with Gasteiger partial charge in [-0.3, -0.25) is 9.97 Å². The molecule has 1 atom stereocenters. The van der Waals surface area contributed by atoms with Gasteiger partial charge in [0.1, 0.15) is 5.82 Å². The second kappa shape index (κ2) is 7.01. The maximum absolute atomic E-state index is 14.1. The maximum Gasteiger partial charge on any atom is 0.164 e. The van der Waals surface area contributed by atoms with Crippen molar-refractivity contribution >= 4 is 5.69 Å². The zero-order chi connectivity index (χ0) is 17.1. The molecule has 1 aliphatic heterocycles. The highest BCUT2D eigenvalue weighted by Crippen LogP contribution is 2.30. The molecule has 1 fully saturated rings. The first-order valence-electron chi connectivity index (χ1n) is 8.56. The Balaban J connectivity index is 1.54. The Morgan fingerprint density at radius 3 is 2.92 bits per heavy atom. The van der Waals surface area contributed by atoms with Crippen LogP contribution >= 0.6 is 0 Å². The van der Waals surface area contributed by atoms with Crippen LogP contribution in [0.15, 0.2) is 55.2 Å². The van der Waals surface area contributed by atoms with Crippen LogP contribution in [0.1, 0.15) is 30.3 Å². The number of aromatic nitrogens is 4. The van der Waals surface area contributed by atoms with Gasteiger partial charge in [-0.15, -0.1) is 0 Å². The number of piperidine rings is 1. The number of halogens is 1. The number of anilines is 1. The minimum absolute atomic E-state index is 0.264. The topological polar surface area (TPSA) is 46.8 Å². The third kappa shape index (κ3) is 3.38. The van der Waals surface area contributed by atoms with Crippen molar-refractivity contribution in [2.75, 3.05) is 18.0 Å². The van der Waals surface area contributed by atoms with Gasteiger partial charge in [0.2, 0.25) is 0 Å². The summed E-state index contributed by atoms with van der Waals surface area (Å²) in [6.45, 7) is 2.33. The van der Waals surface area contributed by atoms with Gasteiger partial charge in [0, 0.05) is 43.8 Å². The molecular formula is C19H20FN5. The van der Waals surface area contributed by atoms with E-state index in [9.17, 15) is 4.39 Å². The van der Waals surface area contributed by atoms with Crippen LogP contribution in [0, 0.1) is 5.82 Å². The monoisotopic (exact) mass is 337 g/mol. The van der Waals surface area contributed by atoms with Crippen LogP contribution in [0.2, 0.25) is 0 Å². The van der Waals surface area contributed by atoms with Gasteiger partial charge in [-0.2, -0.15) is 0 Å². The summed E-state index contributed by atoms with van der Waals surface area (Å²) >= 11 is 0. The minimum atomic E-state index is -0.264. The molecule has 5 nitrogen and oxygen atoms in total. The second-order valence-corrected chi connectivity index (χ2v) is 6.35. The fourth-order valence-corrected chi connectivity index (χ4v) is 3.51. The molecule has 0 spiro atoms. The van der Waals surface area contributed by atoms with Crippen LogP contribution < -0.4 is 4.90 Å². The highest BCUT2D eigenvalue weighted by molar-refractivity contribution is 5.47. The van der Waals surface area contributed by atoms with E-state index in [4.69, 9.17) is 0 Å². The Hall–Kier alpha value is -2.76. The molecule has 0 unspecified atom stereocenters. The van der Waals surface area contributed by atoms with Crippen molar-refractivity contribution < 1.29 is 4.39 Å². The quantitative estimate of drug-likeness (QED) is 0.733. The zero-order valence-electron chi connectivity index (χ0n) is 13.9. The SMILES string of the molecule is Fc1cnccc1N1CCC[C@H](c2nccn2Cc2ccccn2)C1. The zero-order valence-corrected chi connectivity index (χ0v) is 13.9. The lowest BCUT2D eigenvalue weighted by Crippen LogP contribution is -2.36. The summed E-state index contributed by atoms with van der Waals surface area (Å²) < 4.78 is 16.2. The van der Waals surface area contributed by atoms with Gasteiger partial charge >= 0.3 is 0 Å². The standard InChI is InChI=1S/C19H20FN5/c20-17-12-21-8-6-18(17)24-10-3-4-15(13-24)19-23-9-11-25(19)14-16-5-1-2-7-22-16/h1-2,5-9,11-12,15H,3-4,10,13-14H2/t15-/m0/s1. The molecule has 4 rings (SSSR count). The van der Waals surface area contributed by atoms with E-state index in [0.29, 0.717) is 12.2 Å². The van der Waals surface area contributed by atoms with Crippen molar-refractivity contribution in [2.45, 2.75) is 25.3 Å². The van der Waals surface area contributed by atoms with Gasteiger partial charge in [-0.25, -0.2) is 9.37 Å². The summed E-state index contributed by atoms with van der Waals surface area (Å²) in [5, 5.41) is 0. The van der Waals surface area contributed by atoms with Crippen molar-refractivity contribution in [1.82, 2.24) is 19.5 Å². The number of hydrogen-bond donors (Lipinski definition) is 0. The molecule has 0 amide bonds. The Morgan fingerprint density at radius 1 is 1.12 bits per heavy atom. The molecule has 4 heterocycles. The van der Waals surface area contributed by atoms with E-state index in [-0.39, 0.29) is 11.7 Å². The fraction of sp³-hybridized carbons (Fsp3) is 0.316. The van der Waals surface area contributed by atoms with Crippen LogP contribution in [0.25, 0.3) is 0 Å². The summed E-state index contributed by atoms with van der Waals surface area (Å²) in [6, 6.07) is 7.68. The van der Waals surface area contributed by atoms with Crippen molar-refractivity contribution in [3.63, 3.8) is 0 Å². The molecule has 3 aromatic rings. The largest absolute Gasteiger partial charge is 0.368 e. The van der Waals surface area contributed by atoms with Crippen LogP contribution in [-0.2, 0) is 6.54 Å². The lowest BCUT2D eigenvalue weighted by molar-refractivity contribution is 0.470. The van der Waals surface area contributed by atoms with E-state index in [1.165, 1.54) is 6.20 Å². The molecule has 0 aliphatic carbocycles. The first-order chi connectivity index (χ1) is 12.3. The molecule has 1 aliphatic rings. The van der Waals surface area contributed by atoms with Crippen LogP contribution in [0.4, 0.5) is 10.1 Å². The normalized spacial score (nSPS) is 17.6. The van der Waals surface area contributed by atoms with Crippen molar-refractivity contribution in [3.05, 3.63) is 72.6 Å². The predicted octanol–water partition coefficient (Wildman–Crippen LogP) is 3.24. The summed E-state index contributed by atoms with van der Waals surface area (Å²) in [7, 11) is 0. The number of imidazole rings is 1. The van der Waals surface area contributed by atoms with E-state index in [1.54, 1.807) is 18.5 Å². The van der Waals surface area contributed by atoms with Gasteiger partial charge in [-0.1, -0.05) is 6.07 Å². The molecular weight excluding hydrogens is 317 g/mol. The van der Waals surface area contributed by atoms with E-state index in [1.807, 2.05) is 30.6 Å². The molecule has 1 saturated heterocycles. The van der Waals surface area contributed by atoms with Crippen molar-refractivity contribution in [2.24, 2.45) is 0 Å². The number of hydrogen-bond acceptors (Lipinski definition) is 4. The van der Waals surface area contributed by atoms with Gasteiger partial charge in [0.25, 0.3) is 0 Å². The highest BCUT2D eigenvalue weighted by Gasteiger charge is 2.26. The van der Waals surface area contributed by atoms with Gasteiger partial charge in [0.15, 0.2) is 5.82 Å². The summed E-state index contributed by atoms with van der Waals surface area (Å²) in [5.74, 6) is 1.06. The van der Waals surface area contributed by atoms with Gasteiger partial charge in [0.05, 0.1) is 24.1 Å². The average Bonchev–Trinajstić information content (AvgIpc) is 3.11. The Bertz CT molecular complexity index is 833. The highest BCUT2D eigenvalue weighted by atomic mass is 19.1. The first kappa shape index (κ1) is 15.7. The molecule has 3 aromatic heterocycles. The Morgan fingerprint density at radius 2 is 2.08 bits per heavy atom. The van der Waals surface area contributed by atoms with Crippen LogP contribution in [-0.4, -0.2) is 32.6 Å². The van der Waals surface area contributed by atoms with Crippen LogP contribution in [0.3, 0.4) is 0 Å². The number of nitrogens with zero attached hydrogens (tertiary/aromatic N) is 5. The molecule has 0 saturated carbocycles. The van der Waals surface area contributed by atoms with E-state index in [0.717, 1.165) is 37.4 Å². The van der Waals surface area contributed by atoms with E-state index >= 15 is 0 Å². The Labute approximate surface area is 146 Å². The average molecular weight is 337 g/mol. The number of rotatable bonds is 4. The molecule has 0 aromatic carbocycles. The molecule has 0 bridgehead atoms. The number of pyridine rings is 2. The summed E-state index contributed by atoms with van der Waals surface area (Å²) in [6.07, 6.45) is 10.6.